The molecule has 1 saturated carbocycles. The minimum Gasteiger partial charge on any atom is -0.497 e. The number of rotatable bonds is 9. The van der Waals surface area contributed by atoms with E-state index in [1.807, 2.05) is 24.5 Å². The second-order valence-corrected chi connectivity index (χ2v) is 8.01. The zero-order valence-electron chi connectivity index (χ0n) is 17.0. The fourth-order valence-corrected chi connectivity index (χ4v) is 4.18. The minimum absolute atomic E-state index is 0.572. The summed E-state index contributed by atoms with van der Waals surface area (Å²) < 4.78 is 5.21. The number of aromatic nitrogens is 2. The number of benzene rings is 1. The van der Waals surface area contributed by atoms with Crippen LogP contribution in [0.15, 0.2) is 36.7 Å². The fraction of sp³-hybridized carbons (Fsp3) is 0.583. The van der Waals surface area contributed by atoms with Gasteiger partial charge in [-0.3, -0.25) is 0 Å². The van der Waals surface area contributed by atoms with Gasteiger partial charge < -0.3 is 4.74 Å². The van der Waals surface area contributed by atoms with Gasteiger partial charge in [0.25, 0.3) is 0 Å². The summed E-state index contributed by atoms with van der Waals surface area (Å²) >= 11 is 0. The molecule has 1 aliphatic carbocycles. The molecule has 3 nitrogen and oxygen atoms in total. The van der Waals surface area contributed by atoms with E-state index in [0.717, 1.165) is 30.3 Å². The standard InChI is InChI=1S/C24H34N2O/c1-3-4-5-6-19-9-13-22(14-10-19)24-25-17-21(18-26-24)8-7-20-11-15-23(27-2)16-12-20/h11-12,15-19,22H,3-10,13-14H2,1-2H3/t19-,22-. The van der Waals surface area contributed by atoms with Gasteiger partial charge in [-0.15, -0.1) is 0 Å². The van der Waals surface area contributed by atoms with E-state index >= 15 is 0 Å². The fourth-order valence-electron chi connectivity index (χ4n) is 4.18. The largest absolute Gasteiger partial charge is 0.497 e. The van der Waals surface area contributed by atoms with Crippen LogP contribution in [0, 0.1) is 5.92 Å². The molecule has 1 aliphatic rings. The maximum Gasteiger partial charge on any atom is 0.131 e. The normalized spacial score (nSPS) is 19.8. The Morgan fingerprint density at radius 1 is 0.889 bits per heavy atom. The van der Waals surface area contributed by atoms with Crippen molar-refractivity contribution in [3.8, 4) is 5.75 Å². The lowest BCUT2D eigenvalue weighted by Gasteiger charge is -2.27. The molecule has 1 fully saturated rings. The van der Waals surface area contributed by atoms with Gasteiger partial charge in [-0.2, -0.15) is 0 Å². The van der Waals surface area contributed by atoms with Crippen molar-refractivity contribution in [2.24, 2.45) is 5.92 Å². The van der Waals surface area contributed by atoms with Crippen LogP contribution in [0.3, 0.4) is 0 Å². The molecule has 1 heterocycles. The number of hydrogen-bond acceptors (Lipinski definition) is 3. The third-order valence-corrected chi connectivity index (χ3v) is 6.01. The van der Waals surface area contributed by atoms with Gasteiger partial charge in [0.05, 0.1) is 7.11 Å². The Hall–Kier alpha value is -1.90. The van der Waals surface area contributed by atoms with Gasteiger partial charge in [-0.05, 0) is 67.7 Å². The Morgan fingerprint density at radius 2 is 1.56 bits per heavy atom. The van der Waals surface area contributed by atoms with Gasteiger partial charge in [0, 0.05) is 18.3 Å². The second kappa shape index (κ2) is 10.4. The maximum atomic E-state index is 5.21. The van der Waals surface area contributed by atoms with Crippen molar-refractivity contribution in [3.63, 3.8) is 0 Å². The van der Waals surface area contributed by atoms with Crippen LogP contribution in [-0.4, -0.2) is 17.1 Å². The van der Waals surface area contributed by atoms with Crippen molar-refractivity contribution < 1.29 is 4.74 Å². The summed E-state index contributed by atoms with van der Waals surface area (Å²) in [5.41, 5.74) is 2.55. The van der Waals surface area contributed by atoms with E-state index in [0.29, 0.717) is 5.92 Å². The van der Waals surface area contributed by atoms with E-state index in [4.69, 9.17) is 14.7 Å². The molecule has 1 aromatic carbocycles. The number of hydrogen-bond donors (Lipinski definition) is 0. The monoisotopic (exact) mass is 366 g/mol. The average molecular weight is 367 g/mol. The Kier molecular flexibility index (Phi) is 7.67. The Bertz CT molecular complexity index is 658. The van der Waals surface area contributed by atoms with Crippen LogP contribution in [0.25, 0.3) is 0 Å². The SMILES string of the molecule is CCCCC[C@H]1CC[C@H](c2ncc(CCc3ccc(OC)cc3)cn2)CC1. The molecule has 0 unspecified atom stereocenters. The summed E-state index contributed by atoms with van der Waals surface area (Å²) in [7, 11) is 1.70. The number of methoxy groups -OCH3 is 1. The second-order valence-electron chi connectivity index (χ2n) is 8.01. The predicted octanol–water partition coefficient (Wildman–Crippen LogP) is 6.12. The van der Waals surface area contributed by atoms with Gasteiger partial charge in [0.1, 0.15) is 11.6 Å². The van der Waals surface area contributed by atoms with Crippen LogP contribution >= 0.6 is 0 Å². The first kappa shape index (κ1) is 19.9. The van der Waals surface area contributed by atoms with Crippen LogP contribution in [0.4, 0.5) is 0 Å². The van der Waals surface area contributed by atoms with Gasteiger partial charge in [0.15, 0.2) is 0 Å². The van der Waals surface area contributed by atoms with E-state index in [1.54, 1.807) is 7.11 Å². The summed E-state index contributed by atoms with van der Waals surface area (Å²) in [5.74, 6) is 3.49. The van der Waals surface area contributed by atoms with Crippen LogP contribution in [0.2, 0.25) is 0 Å². The van der Waals surface area contributed by atoms with E-state index in [-0.39, 0.29) is 0 Å². The van der Waals surface area contributed by atoms with Crippen LogP contribution in [-0.2, 0) is 12.8 Å². The molecule has 146 valence electrons. The molecule has 0 aliphatic heterocycles. The summed E-state index contributed by atoms with van der Waals surface area (Å²) in [6, 6.07) is 8.31. The van der Waals surface area contributed by atoms with Gasteiger partial charge in [-0.1, -0.05) is 44.7 Å². The first-order valence-corrected chi connectivity index (χ1v) is 10.7. The third kappa shape index (κ3) is 6.05. The Labute approximate surface area is 164 Å². The van der Waals surface area contributed by atoms with Gasteiger partial charge >= 0.3 is 0 Å². The predicted molar refractivity (Wildman–Crippen MR) is 111 cm³/mol. The highest BCUT2D eigenvalue weighted by Gasteiger charge is 2.23. The molecule has 0 spiro atoms. The Balaban J connectivity index is 1.44. The molecule has 2 aromatic rings. The highest BCUT2D eigenvalue weighted by Crippen LogP contribution is 2.36. The molecule has 0 N–H and O–H groups in total. The lowest BCUT2D eigenvalue weighted by molar-refractivity contribution is 0.297. The van der Waals surface area contributed by atoms with Crippen molar-refractivity contribution in [1.29, 1.82) is 0 Å². The molecule has 0 amide bonds. The summed E-state index contributed by atoms with van der Waals surface area (Å²) in [6.07, 6.45) is 16.9. The van der Waals surface area contributed by atoms with E-state index in [9.17, 15) is 0 Å². The van der Waals surface area contributed by atoms with Crippen LogP contribution in [0.5, 0.6) is 5.75 Å². The highest BCUT2D eigenvalue weighted by atomic mass is 16.5. The van der Waals surface area contributed by atoms with E-state index in [1.165, 1.54) is 62.5 Å². The Morgan fingerprint density at radius 3 is 2.19 bits per heavy atom. The van der Waals surface area contributed by atoms with Crippen molar-refractivity contribution in [2.45, 2.75) is 77.0 Å². The number of nitrogens with zero attached hydrogens (tertiary/aromatic N) is 2. The molecular weight excluding hydrogens is 332 g/mol. The third-order valence-electron chi connectivity index (χ3n) is 6.01. The molecular formula is C24H34N2O. The van der Waals surface area contributed by atoms with Gasteiger partial charge in [0.2, 0.25) is 0 Å². The smallest absolute Gasteiger partial charge is 0.131 e. The van der Waals surface area contributed by atoms with Crippen molar-refractivity contribution in [2.75, 3.05) is 7.11 Å². The number of aryl methyl sites for hydroxylation is 2. The highest BCUT2D eigenvalue weighted by molar-refractivity contribution is 5.27. The topological polar surface area (TPSA) is 35.0 Å². The van der Waals surface area contributed by atoms with E-state index in [2.05, 4.69) is 19.1 Å². The van der Waals surface area contributed by atoms with Crippen molar-refractivity contribution >= 4 is 0 Å². The van der Waals surface area contributed by atoms with Crippen molar-refractivity contribution in [3.05, 3.63) is 53.6 Å². The maximum absolute atomic E-state index is 5.21. The quantitative estimate of drug-likeness (QED) is 0.501. The summed E-state index contributed by atoms with van der Waals surface area (Å²) in [6.45, 7) is 2.29. The number of unbranched alkanes of at least 4 members (excludes halogenated alkanes) is 2. The molecule has 0 bridgehead atoms. The molecule has 1 aromatic heterocycles. The molecule has 0 saturated heterocycles. The van der Waals surface area contributed by atoms with Crippen LogP contribution < -0.4 is 4.74 Å². The lowest BCUT2D eigenvalue weighted by Crippen LogP contribution is -2.15. The van der Waals surface area contributed by atoms with E-state index < -0.39 is 0 Å². The lowest BCUT2D eigenvalue weighted by atomic mass is 9.79. The molecule has 27 heavy (non-hydrogen) atoms. The zero-order chi connectivity index (χ0) is 18.9. The van der Waals surface area contributed by atoms with Crippen LogP contribution in [0.1, 0.15) is 81.2 Å². The average Bonchev–Trinajstić information content (AvgIpc) is 2.74. The molecule has 0 atom stereocenters. The van der Waals surface area contributed by atoms with Crippen molar-refractivity contribution in [1.82, 2.24) is 9.97 Å². The van der Waals surface area contributed by atoms with Gasteiger partial charge in [-0.25, -0.2) is 9.97 Å². The molecule has 3 rings (SSSR count). The minimum atomic E-state index is 0.572. The summed E-state index contributed by atoms with van der Waals surface area (Å²) in [5, 5.41) is 0. The molecule has 0 radical (unpaired) electrons. The molecule has 3 heteroatoms. The first-order valence-electron chi connectivity index (χ1n) is 10.7. The summed E-state index contributed by atoms with van der Waals surface area (Å²) in [4.78, 5) is 9.42. The number of ether oxygens (including phenoxy) is 1. The zero-order valence-corrected chi connectivity index (χ0v) is 17.0. The first-order chi connectivity index (χ1) is 13.3.